The molecule has 134 valence electrons. The second kappa shape index (κ2) is 6.84. The molecule has 0 radical (unpaired) electrons. The van der Waals surface area contributed by atoms with Crippen LogP contribution in [-0.2, 0) is 18.4 Å². The van der Waals surface area contributed by atoms with Crippen molar-refractivity contribution in [2.75, 3.05) is 25.5 Å². The minimum Gasteiger partial charge on any atom is -0.370 e. The van der Waals surface area contributed by atoms with Gasteiger partial charge in [0.05, 0.1) is 11.4 Å². The van der Waals surface area contributed by atoms with Crippen molar-refractivity contribution in [2.24, 2.45) is 7.05 Å². The molecule has 0 aliphatic carbocycles. The van der Waals surface area contributed by atoms with E-state index in [0.29, 0.717) is 18.7 Å². The number of likely N-dealkylation sites (N-methyl/N-ethyl adjacent to an activating group) is 1. The van der Waals surface area contributed by atoms with Crippen molar-refractivity contribution in [2.45, 2.75) is 25.4 Å². The molecule has 0 spiro atoms. The van der Waals surface area contributed by atoms with Crippen molar-refractivity contribution in [3.8, 4) is 0 Å². The molecule has 2 N–H and O–H groups in total. The Bertz CT molecular complexity index is 775. The Labute approximate surface area is 147 Å². The first-order valence-electron chi connectivity index (χ1n) is 8.40. The number of aryl methyl sites for hydroxylation is 2. The summed E-state index contributed by atoms with van der Waals surface area (Å²) < 4.78 is 15.4. The molecule has 6 nitrogen and oxygen atoms in total. The van der Waals surface area contributed by atoms with Gasteiger partial charge in [-0.1, -0.05) is 6.07 Å². The van der Waals surface area contributed by atoms with Crippen LogP contribution in [0, 0.1) is 12.7 Å². The first-order chi connectivity index (χ1) is 11.9. The Morgan fingerprint density at radius 2 is 2.20 bits per heavy atom. The van der Waals surface area contributed by atoms with Crippen molar-refractivity contribution < 1.29 is 9.18 Å². The van der Waals surface area contributed by atoms with Crippen molar-refractivity contribution in [3.05, 3.63) is 47.5 Å². The molecule has 7 heteroatoms. The van der Waals surface area contributed by atoms with Crippen LogP contribution in [0.15, 0.2) is 30.3 Å². The highest BCUT2D eigenvalue weighted by atomic mass is 19.1. The molecule has 1 amide bonds. The van der Waals surface area contributed by atoms with Gasteiger partial charge in [-0.3, -0.25) is 14.4 Å². The summed E-state index contributed by atoms with van der Waals surface area (Å²) in [6.07, 6.45) is 0.653. The minimum atomic E-state index is -0.768. The zero-order chi connectivity index (χ0) is 18.0. The fraction of sp³-hybridized carbons (Fsp3) is 0.444. The first kappa shape index (κ1) is 17.4. The van der Waals surface area contributed by atoms with E-state index in [2.05, 4.69) is 26.7 Å². The number of anilines is 1. The van der Waals surface area contributed by atoms with E-state index in [1.54, 1.807) is 19.2 Å². The first-order valence-corrected chi connectivity index (χ1v) is 8.40. The molecule has 1 aliphatic rings. The molecule has 2 aromatic rings. The van der Waals surface area contributed by atoms with E-state index in [4.69, 9.17) is 0 Å². The van der Waals surface area contributed by atoms with Gasteiger partial charge in [-0.15, -0.1) is 0 Å². The third-order valence-electron chi connectivity index (χ3n) is 4.70. The highest BCUT2D eigenvalue weighted by Gasteiger charge is 2.44. The van der Waals surface area contributed by atoms with Crippen LogP contribution in [0.3, 0.4) is 0 Å². The van der Waals surface area contributed by atoms with E-state index in [1.807, 2.05) is 18.7 Å². The third kappa shape index (κ3) is 3.66. The van der Waals surface area contributed by atoms with Crippen LogP contribution >= 0.6 is 0 Å². The summed E-state index contributed by atoms with van der Waals surface area (Å²) >= 11 is 0. The van der Waals surface area contributed by atoms with Crippen LogP contribution in [0.2, 0.25) is 0 Å². The molecule has 1 unspecified atom stereocenters. The van der Waals surface area contributed by atoms with E-state index < -0.39 is 5.54 Å². The van der Waals surface area contributed by atoms with Gasteiger partial charge in [0.25, 0.3) is 0 Å². The number of carbonyl (C=O) groups is 1. The number of benzene rings is 1. The van der Waals surface area contributed by atoms with Gasteiger partial charge >= 0.3 is 0 Å². The van der Waals surface area contributed by atoms with Crippen LogP contribution < -0.4 is 10.6 Å². The summed E-state index contributed by atoms with van der Waals surface area (Å²) in [6.45, 7) is 4.02. The smallest absolute Gasteiger partial charge is 0.246 e. The van der Waals surface area contributed by atoms with Crippen LogP contribution in [-0.4, -0.2) is 46.3 Å². The number of amides is 1. The number of nitrogens with zero attached hydrogens (tertiary/aromatic N) is 3. The lowest BCUT2D eigenvalue weighted by Crippen LogP contribution is -2.53. The van der Waals surface area contributed by atoms with Gasteiger partial charge in [0.1, 0.15) is 11.4 Å². The maximum Gasteiger partial charge on any atom is 0.246 e. The molecule has 1 aliphatic heterocycles. The number of aromatic nitrogens is 2. The average Bonchev–Trinajstić information content (AvgIpc) is 3.11. The molecule has 0 saturated carbocycles. The minimum absolute atomic E-state index is 0.0829. The molecule has 1 fully saturated rings. The predicted octanol–water partition coefficient (Wildman–Crippen LogP) is 1.67. The summed E-state index contributed by atoms with van der Waals surface area (Å²) in [5.74, 6) is -0.405. The zero-order valence-corrected chi connectivity index (χ0v) is 14.8. The Kier molecular flexibility index (Phi) is 4.76. The van der Waals surface area contributed by atoms with E-state index >= 15 is 0 Å². The van der Waals surface area contributed by atoms with Crippen molar-refractivity contribution in [3.63, 3.8) is 0 Å². The predicted molar refractivity (Wildman–Crippen MR) is 94.7 cm³/mol. The Morgan fingerprint density at radius 3 is 2.84 bits per heavy atom. The van der Waals surface area contributed by atoms with Crippen LogP contribution in [0.4, 0.5) is 10.1 Å². The number of halogens is 1. The monoisotopic (exact) mass is 345 g/mol. The second-order valence-corrected chi connectivity index (χ2v) is 6.66. The molecule has 3 rings (SSSR count). The van der Waals surface area contributed by atoms with Crippen molar-refractivity contribution >= 4 is 11.6 Å². The van der Waals surface area contributed by atoms with Crippen LogP contribution in [0.25, 0.3) is 0 Å². The molecule has 1 aromatic heterocycles. The van der Waals surface area contributed by atoms with Gasteiger partial charge in [-0.05, 0) is 37.6 Å². The van der Waals surface area contributed by atoms with Gasteiger partial charge in [-0.2, -0.15) is 5.10 Å². The van der Waals surface area contributed by atoms with E-state index in [0.717, 1.165) is 24.5 Å². The number of rotatable bonds is 5. The van der Waals surface area contributed by atoms with Crippen LogP contribution in [0.5, 0.6) is 0 Å². The molecule has 1 aromatic carbocycles. The summed E-state index contributed by atoms with van der Waals surface area (Å²) in [5, 5.41) is 10.4. The maximum absolute atomic E-state index is 13.5. The fourth-order valence-electron chi connectivity index (χ4n) is 3.49. The van der Waals surface area contributed by atoms with Gasteiger partial charge < -0.3 is 10.6 Å². The molecule has 1 atom stereocenters. The Morgan fingerprint density at radius 1 is 1.40 bits per heavy atom. The molecule has 25 heavy (non-hydrogen) atoms. The molecular weight excluding hydrogens is 321 g/mol. The summed E-state index contributed by atoms with van der Waals surface area (Å²) in [5.41, 5.74) is 1.93. The van der Waals surface area contributed by atoms with E-state index in [-0.39, 0.29) is 11.7 Å². The van der Waals surface area contributed by atoms with Crippen molar-refractivity contribution in [1.82, 2.24) is 20.0 Å². The van der Waals surface area contributed by atoms with Gasteiger partial charge in [-0.25, -0.2) is 4.39 Å². The maximum atomic E-state index is 13.5. The normalized spacial score (nSPS) is 20.6. The molecule has 1 saturated heterocycles. The summed E-state index contributed by atoms with van der Waals surface area (Å²) in [4.78, 5) is 14.8. The molecule has 0 bridgehead atoms. The lowest BCUT2D eigenvalue weighted by Gasteiger charge is -2.30. The van der Waals surface area contributed by atoms with Crippen LogP contribution in [0.1, 0.15) is 17.8 Å². The highest BCUT2D eigenvalue weighted by Crippen LogP contribution is 2.28. The van der Waals surface area contributed by atoms with Crippen molar-refractivity contribution in [1.29, 1.82) is 0 Å². The molecule has 2 heterocycles. The Balaban J connectivity index is 1.78. The fourth-order valence-corrected chi connectivity index (χ4v) is 3.49. The van der Waals surface area contributed by atoms with E-state index in [1.165, 1.54) is 12.1 Å². The van der Waals surface area contributed by atoms with Gasteiger partial charge in [0.15, 0.2) is 0 Å². The topological polar surface area (TPSA) is 62.2 Å². The average molecular weight is 345 g/mol. The van der Waals surface area contributed by atoms with Gasteiger partial charge in [0.2, 0.25) is 5.91 Å². The largest absolute Gasteiger partial charge is 0.370 e. The number of likely N-dealkylation sites (tertiary alicyclic amines) is 1. The number of hydrogen-bond acceptors (Lipinski definition) is 4. The number of nitrogens with one attached hydrogen (secondary N) is 2. The summed E-state index contributed by atoms with van der Waals surface area (Å²) in [7, 11) is 3.56. The molecular formula is C18H24FN5O. The number of hydrogen-bond donors (Lipinski definition) is 2. The second-order valence-electron chi connectivity index (χ2n) is 6.66. The third-order valence-corrected chi connectivity index (χ3v) is 4.70. The SMILES string of the molecule is CNC(=O)C1(Nc2cccc(F)c2)CCN(Cc2cc(C)nn2C)C1. The van der Waals surface area contributed by atoms with E-state index in [9.17, 15) is 9.18 Å². The Hall–Kier alpha value is -2.41. The number of carbonyl (C=O) groups excluding carboxylic acids is 1. The zero-order valence-electron chi connectivity index (χ0n) is 14.8. The quantitative estimate of drug-likeness (QED) is 0.865. The summed E-state index contributed by atoms with van der Waals surface area (Å²) in [6, 6.07) is 8.28. The lowest BCUT2D eigenvalue weighted by molar-refractivity contribution is -0.124. The standard InChI is InChI=1S/C18H24FN5O/c1-13-9-16(23(3)22-13)11-24-8-7-18(12-24,17(25)20-2)21-15-6-4-5-14(19)10-15/h4-6,9-10,21H,7-8,11-12H2,1-3H3,(H,20,25). The highest BCUT2D eigenvalue weighted by molar-refractivity contribution is 5.90. The lowest BCUT2D eigenvalue weighted by atomic mass is 9.96. The van der Waals surface area contributed by atoms with Gasteiger partial charge in [0, 0.05) is 39.4 Å².